The molecule has 1 aromatic carbocycles. The second-order valence-corrected chi connectivity index (χ2v) is 6.57. The normalized spacial score (nSPS) is 20.7. The van der Waals surface area contributed by atoms with Gasteiger partial charge in [-0.25, -0.2) is 9.38 Å². The number of halogens is 1. The number of aliphatic imine (C=N–C) groups is 1. The number of benzene rings is 1. The molecule has 0 N–H and O–H groups in total. The van der Waals surface area contributed by atoms with E-state index in [-0.39, 0.29) is 12.1 Å². The second-order valence-electron chi connectivity index (χ2n) is 6.57. The lowest BCUT2D eigenvalue weighted by Gasteiger charge is -2.38. The van der Waals surface area contributed by atoms with Crippen LogP contribution in [0, 0.1) is 5.82 Å². The maximum absolute atomic E-state index is 13.2. The lowest BCUT2D eigenvalue weighted by Crippen LogP contribution is -2.47. The van der Waals surface area contributed by atoms with Gasteiger partial charge in [-0.3, -0.25) is 9.88 Å². The van der Waals surface area contributed by atoms with Gasteiger partial charge in [0.2, 0.25) is 0 Å². The number of pyridine rings is 1. The van der Waals surface area contributed by atoms with Crippen molar-refractivity contribution in [1.82, 2.24) is 14.8 Å². The van der Waals surface area contributed by atoms with Gasteiger partial charge in [-0.15, -0.1) is 0 Å². The Labute approximate surface area is 153 Å². The van der Waals surface area contributed by atoms with Crippen molar-refractivity contribution in [3.8, 4) is 0 Å². The maximum Gasteiger partial charge on any atom is 0.179 e. The lowest BCUT2D eigenvalue weighted by atomic mass is 10.0. The summed E-state index contributed by atoms with van der Waals surface area (Å²) in [7, 11) is 2.05. The van der Waals surface area contributed by atoms with E-state index in [1.54, 1.807) is 12.4 Å². The van der Waals surface area contributed by atoms with Crippen LogP contribution in [-0.2, 0) is 0 Å². The SMILES string of the molecule is CN1C=CC(c2ccncc2)=NC1N1CCC=C(c2ccc(F)cc2)C1. The number of rotatable bonds is 3. The third kappa shape index (κ3) is 3.44. The van der Waals surface area contributed by atoms with E-state index in [1.807, 2.05) is 37.4 Å². The van der Waals surface area contributed by atoms with Crippen molar-refractivity contribution in [3.05, 3.63) is 84.1 Å². The topological polar surface area (TPSA) is 31.7 Å². The Morgan fingerprint density at radius 3 is 2.58 bits per heavy atom. The number of hydrogen-bond acceptors (Lipinski definition) is 4. The van der Waals surface area contributed by atoms with Crippen LogP contribution < -0.4 is 0 Å². The zero-order valence-corrected chi connectivity index (χ0v) is 14.7. The van der Waals surface area contributed by atoms with Crippen molar-refractivity contribution in [1.29, 1.82) is 0 Å². The molecule has 0 saturated carbocycles. The first-order valence-electron chi connectivity index (χ1n) is 8.78. The molecule has 0 fully saturated rings. The summed E-state index contributed by atoms with van der Waals surface area (Å²) >= 11 is 0. The summed E-state index contributed by atoms with van der Waals surface area (Å²) in [6.45, 7) is 1.74. The molecule has 0 radical (unpaired) electrons. The minimum Gasteiger partial charge on any atom is -0.347 e. The van der Waals surface area contributed by atoms with E-state index in [1.165, 1.54) is 17.7 Å². The molecule has 0 saturated heterocycles. The predicted molar refractivity (Wildman–Crippen MR) is 102 cm³/mol. The summed E-state index contributed by atoms with van der Waals surface area (Å²) in [4.78, 5) is 13.5. The molecule has 0 amide bonds. The lowest BCUT2D eigenvalue weighted by molar-refractivity contribution is 0.111. The van der Waals surface area contributed by atoms with Crippen molar-refractivity contribution < 1.29 is 4.39 Å². The smallest absolute Gasteiger partial charge is 0.179 e. The van der Waals surface area contributed by atoms with Crippen molar-refractivity contribution in [2.45, 2.75) is 12.7 Å². The summed E-state index contributed by atoms with van der Waals surface area (Å²) in [6, 6.07) is 10.7. The van der Waals surface area contributed by atoms with E-state index in [0.29, 0.717) is 0 Å². The van der Waals surface area contributed by atoms with Gasteiger partial charge in [-0.2, -0.15) is 0 Å². The quantitative estimate of drug-likeness (QED) is 0.850. The summed E-state index contributed by atoms with van der Waals surface area (Å²) in [5.41, 5.74) is 4.33. The van der Waals surface area contributed by atoms with Crippen molar-refractivity contribution in [2.24, 2.45) is 4.99 Å². The van der Waals surface area contributed by atoms with E-state index in [0.717, 1.165) is 36.3 Å². The highest BCUT2D eigenvalue weighted by molar-refractivity contribution is 6.09. The molecule has 2 aromatic rings. The molecule has 2 aliphatic rings. The minimum atomic E-state index is -0.203. The monoisotopic (exact) mass is 348 g/mol. The van der Waals surface area contributed by atoms with Crippen LogP contribution in [0.4, 0.5) is 4.39 Å². The molecule has 1 unspecified atom stereocenters. The third-order valence-electron chi connectivity index (χ3n) is 4.78. The molecule has 132 valence electrons. The highest BCUT2D eigenvalue weighted by Gasteiger charge is 2.26. The van der Waals surface area contributed by atoms with Gasteiger partial charge < -0.3 is 4.90 Å². The molecule has 26 heavy (non-hydrogen) atoms. The van der Waals surface area contributed by atoms with E-state index >= 15 is 0 Å². The van der Waals surface area contributed by atoms with Crippen LogP contribution in [0.2, 0.25) is 0 Å². The van der Waals surface area contributed by atoms with Gasteiger partial charge in [0.25, 0.3) is 0 Å². The standard InChI is InChI=1S/C21H21FN4/c1-25-14-10-20(17-8-11-23-12-9-17)24-21(25)26-13-2-3-18(15-26)16-4-6-19(22)7-5-16/h3-12,14,21H,2,13,15H2,1H3. The minimum absolute atomic E-state index is 0.0488. The average molecular weight is 348 g/mol. The average Bonchev–Trinajstić information content (AvgIpc) is 2.70. The van der Waals surface area contributed by atoms with Gasteiger partial charge in [0, 0.05) is 44.3 Å². The van der Waals surface area contributed by atoms with Crippen LogP contribution >= 0.6 is 0 Å². The molecule has 0 bridgehead atoms. The Morgan fingerprint density at radius 2 is 1.81 bits per heavy atom. The van der Waals surface area contributed by atoms with E-state index < -0.39 is 0 Å². The molecule has 1 atom stereocenters. The van der Waals surface area contributed by atoms with Gasteiger partial charge in [0.1, 0.15) is 5.82 Å². The van der Waals surface area contributed by atoms with Gasteiger partial charge >= 0.3 is 0 Å². The predicted octanol–water partition coefficient (Wildman–Crippen LogP) is 3.54. The Morgan fingerprint density at radius 1 is 1.04 bits per heavy atom. The van der Waals surface area contributed by atoms with E-state index in [4.69, 9.17) is 4.99 Å². The van der Waals surface area contributed by atoms with Crippen LogP contribution in [0.25, 0.3) is 5.57 Å². The largest absolute Gasteiger partial charge is 0.347 e. The Balaban J connectivity index is 1.56. The number of hydrogen-bond donors (Lipinski definition) is 0. The fourth-order valence-corrected chi connectivity index (χ4v) is 3.39. The fourth-order valence-electron chi connectivity index (χ4n) is 3.39. The Hall–Kier alpha value is -2.79. The first kappa shape index (κ1) is 16.7. The van der Waals surface area contributed by atoms with E-state index in [9.17, 15) is 4.39 Å². The third-order valence-corrected chi connectivity index (χ3v) is 4.78. The Kier molecular flexibility index (Phi) is 4.63. The molecular formula is C21H21FN4. The van der Waals surface area contributed by atoms with Gasteiger partial charge in [0.15, 0.2) is 6.29 Å². The van der Waals surface area contributed by atoms with Crippen LogP contribution in [0.15, 0.2) is 72.1 Å². The summed E-state index contributed by atoms with van der Waals surface area (Å²) < 4.78 is 13.2. The zero-order chi connectivity index (χ0) is 17.9. The van der Waals surface area contributed by atoms with Gasteiger partial charge in [-0.05, 0) is 47.9 Å². The molecule has 3 heterocycles. The fraction of sp³-hybridized carbons (Fsp3) is 0.238. The number of allylic oxidation sites excluding steroid dienone is 1. The highest BCUT2D eigenvalue weighted by atomic mass is 19.1. The molecule has 4 nitrogen and oxygen atoms in total. The zero-order valence-electron chi connectivity index (χ0n) is 14.7. The van der Waals surface area contributed by atoms with Crippen molar-refractivity contribution >= 4 is 11.3 Å². The molecule has 1 aromatic heterocycles. The van der Waals surface area contributed by atoms with Crippen LogP contribution in [0.3, 0.4) is 0 Å². The molecule has 0 spiro atoms. The van der Waals surface area contributed by atoms with Gasteiger partial charge in [-0.1, -0.05) is 18.2 Å². The number of nitrogens with zero attached hydrogens (tertiary/aromatic N) is 4. The van der Waals surface area contributed by atoms with Crippen LogP contribution in [0.1, 0.15) is 17.5 Å². The molecule has 2 aliphatic heterocycles. The van der Waals surface area contributed by atoms with Crippen molar-refractivity contribution in [2.75, 3.05) is 20.1 Å². The first-order chi connectivity index (χ1) is 12.7. The molecular weight excluding hydrogens is 327 g/mol. The van der Waals surface area contributed by atoms with Crippen LogP contribution in [0.5, 0.6) is 0 Å². The molecule has 5 heteroatoms. The second kappa shape index (κ2) is 7.22. The summed E-state index contributed by atoms with van der Waals surface area (Å²) in [5, 5.41) is 0. The number of aromatic nitrogens is 1. The maximum atomic E-state index is 13.2. The van der Waals surface area contributed by atoms with E-state index in [2.05, 4.69) is 27.1 Å². The summed E-state index contributed by atoms with van der Waals surface area (Å²) in [5.74, 6) is -0.203. The molecule has 4 rings (SSSR count). The highest BCUT2D eigenvalue weighted by Crippen LogP contribution is 2.25. The Bertz CT molecular complexity index is 855. The summed E-state index contributed by atoms with van der Waals surface area (Å²) in [6.07, 6.45) is 10.8. The van der Waals surface area contributed by atoms with Gasteiger partial charge in [0.05, 0.1) is 5.71 Å². The first-order valence-corrected chi connectivity index (χ1v) is 8.78. The molecule has 0 aliphatic carbocycles. The van der Waals surface area contributed by atoms with Crippen molar-refractivity contribution in [3.63, 3.8) is 0 Å². The van der Waals surface area contributed by atoms with Crippen LogP contribution in [-0.4, -0.2) is 46.9 Å².